The lowest BCUT2D eigenvalue weighted by Gasteiger charge is -2.10. The number of hydrogen-bond donors (Lipinski definition) is 3. The largest absolute Gasteiger partial charge is 0.405 e. The van der Waals surface area contributed by atoms with Crippen LogP contribution in [0.4, 0.5) is 33.7 Å². The molecule has 0 fully saturated rings. The van der Waals surface area contributed by atoms with Gasteiger partial charge in [0.15, 0.2) is 0 Å². The maximum absolute atomic E-state index is 12.7. The Hall–Kier alpha value is -1.99. The first-order valence-electron chi connectivity index (χ1n) is 4.44. The predicted octanol–water partition coefficient (Wildman–Crippen LogP) is 2.09. The maximum Gasteiger partial charge on any atom is 0.405 e. The first kappa shape index (κ1) is 13.1. The summed E-state index contributed by atoms with van der Waals surface area (Å²) >= 11 is 0. The number of carbonyl (C=O) groups is 1. The van der Waals surface area contributed by atoms with Crippen molar-refractivity contribution in [3.8, 4) is 0 Å². The number of carbonyl (C=O) groups excluding carboxylic acids is 1. The van der Waals surface area contributed by atoms with Gasteiger partial charge in [-0.15, -0.1) is 0 Å². The number of nitrogens with two attached hydrogens (primary N) is 1. The molecule has 0 unspecified atom stereocenters. The van der Waals surface area contributed by atoms with Gasteiger partial charge in [0.05, 0.1) is 5.69 Å². The third-order valence-corrected chi connectivity index (χ3v) is 1.70. The second-order valence-electron chi connectivity index (χ2n) is 3.16. The summed E-state index contributed by atoms with van der Waals surface area (Å²) in [6, 6.07) is 2.23. The average Bonchev–Trinajstić information content (AvgIpc) is 2.20. The van der Waals surface area contributed by atoms with Gasteiger partial charge in [-0.05, 0) is 18.2 Å². The number of nitrogens with one attached hydrogen (secondary N) is 2. The highest BCUT2D eigenvalue weighted by molar-refractivity contribution is 5.89. The monoisotopic (exact) mass is 251 g/mol. The quantitative estimate of drug-likeness (QED) is 0.556. The van der Waals surface area contributed by atoms with Gasteiger partial charge in [-0.25, -0.2) is 9.18 Å². The minimum absolute atomic E-state index is 0.101. The molecule has 0 spiro atoms. The molecule has 1 aromatic carbocycles. The van der Waals surface area contributed by atoms with E-state index in [1.54, 1.807) is 5.32 Å². The van der Waals surface area contributed by atoms with Crippen LogP contribution in [0.2, 0.25) is 0 Å². The third-order valence-electron chi connectivity index (χ3n) is 1.70. The molecule has 8 heteroatoms. The fourth-order valence-corrected chi connectivity index (χ4v) is 0.977. The number of rotatable bonds is 2. The van der Waals surface area contributed by atoms with E-state index in [2.05, 4.69) is 5.32 Å². The van der Waals surface area contributed by atoms with E-state index in [4.69, 9.17) is 5.73 Å². The zero-order chi connectivity index (χ0) is 13.1. The fourth-order valence-electron chi connectivity index (χ4n) is 0.977. The van der Waals surface area contributed by atoms with E-state index in [0.29, 0.717) is 0 Å². The summed E-state index contributed by atoms with van der Waals surface area (Å²) < 4.78 is 48.0. The summed E-state index contributed by atoms with van der Waals surface area (Å²) in [5.41, 5.74) is 5.10. The van der Waals surface area contributed by atoms with Crippen LogP contribution in [0.25, 0.3) is 0 Å². The molecule has 17 heavy (non-hydrogen) atoms. The van der Waals surface area contributed by atoms with E-state index in [0.717, 1.165) is 12.1 Å². The second-order valence-corrected chi connectivity index (χ2v) is 3.16. The zero-order valence-electron chi connectivity index (χ0n) is 8.44. The van der Waals surface area contributed by atoms with Crippen molar-refractivity contribution in [1.82, 2.24) is 5.32 Å². The van der Waals surface area contributed by atoms with E-state index in [-0.39, 0.29) is 11.4 Å². The van der Waals surface area contributed by atoms with Crippen LogP contribution < -0.4 is 16.4 Å². The van der Waals surface area contributed by atoms with Gasteiger partial charge >= 0.3 is 12.2 Å². The summed E-state index contributed by atoms with van der Waals surface area (Å²) in [4.78, 5) is 11.0. The highest BCUT2D eigenvalue weighted by Gasteiger charge is 2.27. The lowest BCUT2D eigenvalue weighted by molar-refractivity contribution is -0.122. The SMILES string of the molecule is Nc1cc(NC(=O)NCC(F)(F)F)ccc1F. The van der Waals surface area contributed by atoms with Crippen molar-refractivity contribution >= 4 is 17.4 Å². The molecule has 0 heterocycles. The van der Waals surface area contributed by atoms with Gasteiger partial charge in [-0.2, -0.15) is 13.2 Å². The van der Waals surface area contributed by atoms with Gasteiger partial charge in [0.1, 0.15) is 12.4 Å². The molecule has 0 aromatic heterocycles. The number of nitrogen functional groups attached to an aromatic ring is 1. The molecule has 4 N–H and O–H groups in total. The topological polar surface area (TPSA) is 67.1 Å². The van der Waals surface area contributed by atoms with E-state index in [1.165, 1.54) is 6.07 Å². The Morgan fingerprint density at radius 3 is 2.53 bits per heavy atom. The molecule has 2 amide bonds. The first-order valence-corrected chi connectivity index (χ1v) is 4.44. The summed E-state index contributed by atoms with van der Waals surface area (Å²) in [5.74, 6) is -0.675. The van der Waals surface area contributed by atoms with E-state index in [9.17, 15) is 22.4 Å². The maximum atomic E-state index is 12.7. The van der Waals surface area contributed by atoms with Crippen molar-refractivity contribution in [3.05, 3.63) is 24.0 Å². The van der Waals surface area contributed by atoms with Crippen molar-refractivity contribution in [2.24, 2.45) is 0 Å². The Labute approximate surface area is 93.8 Å². The molecule has 0 radical (unpaired) electrons. The Morgan fingerprint density at radius 2 is 2.00 bits per heavy atom. The molecule has 94 valence electrons. The smallest absolute Gasteiger partial charge is 0.396 e. The van der Waals surface area contributed by atoms with Gasteiger partial charge in [-0.3, -0.25) is 0 Å². The second kappa shape index (κ2) is 4.89. The fraction of sp³-hybridized carbons (Fsp3) is 0.222. The highest BCUT2D eigenvalue weighted by Crippen LogP contribution is 2.16. The lowest BCUT2D eigenvalue weighted by Crippen LogP contribution is -2.36. The van der Waals surface area contributed by atoms with E-state index >= 15 is 0 Å². The van der Waals surface area contributed by atoms with Crippen molar-refractivity contribution in [3.63, 3.8) is 0 Å². The van der Waals surface area contributed by atoms with Crippen LogP contribution in [0, 0.1) is 5.82 Å². The molecule has 1 aromatic rings. The average molecular weight is 251 g/mol. The molecule has 0 saturated heterocycles. The molecule has 0 aliphatic carbocycles. The molecular formula is C9H9F4N3O. The Kier molecular flexibility index (Phi) is 3.77. The molecule has 0 atom stereocenters. The van der Waals surface area contributed by atoms with Crippen molar-refractivity contribution < 1.29 is 22.4 Å². The summed E-state index contributed by atoms with van der Waals surface area (Å²) in [6.07, 6.45) is -4.49. The van der Waals surface area contributed by atoms with Crippen LogP contribution in [0.5, 0.6) is 0 Å². The Bertz CT molecular complexity index is 419. The minimum atomic E-state index is -4.49. The number of halogens is 4. The van der Waals surface area contributed by atoms with Gasteiger partial charge in [0.25, 0.3) is 0 Å². The number of amides is 2. The number of alkyl halides is 3. The van der Waals surface area contributed by atoms with Crippen molar-refractivity contribution in [2.45, 2.75) is 6.18 Å². The van der Waals surface area contributed by atoms with Gasteiger partial charge in [-0.1, -0.05) is 0 Å². The van der Waals surface area contributed by atoms with Gasteiger partial charge < -0.3 is 16.4 Å². The van der Waals surface area contributed by atoms with Crippen LogP contribution in [0.15, 0.2) is 18.2 Å². The lowest BCUT2D eigenvalue weighted by atomic mass is 10.3. The number of hydrogen-bond acceptors (Lipinski definition) is 2. The van der Waals surface area contributed by atoms with E-state index < -0.39 is 24.6 Å². The normalized spacial score (nSPS) is 11.1. The predicted molar refractivity (Wildman–Crippen MR) is 53.9 cm³/mol. The minimum Gasteiger partial charge on any atom is -0.396 e. The Morgan fingerprint density at radius 1 is 1.35 bits per heavy atom. The van der Waals surface area contributed by atoms with Gasteiger partial charge in [0.2, 0.25) is 0 Å². The molecule has 0 aliphatic heterocycles. The molecule has 1 rings (SSSR count). The van der Waals surface area contributed by atoms with Crippen LogP contribution in [0.1, 0.15) is 0 Å². The Balaban J connectivity index is 2.54. The van der Waals surface area contributed by atoms with E-state index in [1.807, 2.05) is 0 Å². The third kappa shape index (κ3) is 4.58. The first-order chi connectivity index (χ1) is 7.78. The standard InChI is InChI=1S/C9H9F4N3O/c10-6-2-1-5(3-7(6)14)16-8(17)15-4-9(11,12)13/h1-3H,4,14H2,(H2,15,16,17). The summed E-state index contributed by atoms with van der Waals surface area (Å²) in [7, 11) is 0. The molecule has 0 aliphatic rings. The molecule has 0 saturated carbocycles. The van der Waals surface area contributed by atoms with Crippen LogP contribution in [-0.4, -0.2) is 18.8 Å². The van der Waals surface area contributed by atoms with Crippen LogP contribution in [-0.2, 0) is 0 Å². The molecule has 4 nitrogen and oxygen atoms in total. The summed E-state index contributed by atoms with van der Waals surface area (Å²) in [6.45, 7) is -1.45. The number of benzene rings is 1. The van der Waals surface area contributed by atoms with Crippen LogP contribution in [0.3, 0.4) is 0 Å². The number of anilines is 2. The number of urea groups is 1. The zero-order valence-corrected chi connectivity index (χ0v) is 8.44. The van der Waals surface area contributed by atoms with Crippen molar-refractivity contribution in [1.29, 1.82) is 0 Å². The summed E-state index contributed by atoms with van der Waals surface area (Å²) in [5, 5.41) is 3.68. The van der Waals surface area contributed by atoms with Crippen LogP contribution >= 0.6 is 0 Å². The van der Waals surface area contributed by atoms with Crippen molar-refractivity contribution in [2.75, 3.05) is 17.6 Å². The molecular weight excluding hydrogens is 242 g/mol. The molecule has 0 bridgehead atoms. The highest BCUT2D eigenvalue weighted by atomic mass is 19.4. The van der Waals surface area contributed by atoms with Gasteiger partial charge in [0, 0.05) is 5.69 Å².